The van der Waals surface area contributed by atoms with E-state index in [9.17, 15) is 4.79 Å². The van der Waals surface area contributed by atoms with E-state index in [0.717, 1.165) is 19.3 Å². The van der Waals surface area contributed by atoms with E-state index in [2.05, 4.69) is 16.5 Å². The summed E-state index contributed by atoms with van der Waals surface area (Å²) in [6.07, 6.45) is 9.22. The molecule has 0 aromatic carbocycles. The number of carbonyl (C=O) groups is 1. The van der Waals surface area contributed by atoms with Crippen LogP contribution in [0.25, 0.3) is 0 Å². The van der Waals surface area contributed by atoms with Gasteiger partial charge in [0.1, 0.15) is 5.78 Å². The van der Waals surface area contributed by atoms with Crippen molar-refractivity contribution in [2.24, 2.45) is 5.92 Å². The molecule has 2 rings (SSSR count). The van der Waals surface area contributed by atoms with E-state index in [1.807, 2.05) is 12.5 Å². The van der Waals surface area contributed by atoms with Crippen LogP contribution < -0.4 is 0 Å². The number of ketones is 1. The number of rotatable bonds is 2. The third-order valence-corrected chi connectivity index (χ3v) is 3.21. The van der Waals surface area contributed by atoms with Crippen LogP contribution in [0, 0.1) is 5.92 Å². The van der Waals surface area contributed by atoms with Crippen LogP contribution in [-0.4, -0.2) is 15.3 Å². The van der Waals surface area contributed by atoms with Crippen LogP contribution in [0.5, 0.6) is 0 Å². The fourth-order valence-electron chi connectivity index (χ4n) is 2.33. The first-order valence-electron chi connectivity index (χ1n) is 5.30. The fourth-order valence-corrected chi connectivity index (χ4v) is 2.33. The Morgan fingerprint density at radius 3 is 3.14 bits per heavy atom. The van der Waals surface area contributed by atoms with Crippen LogP contribution in [0.3, 0.4) is 0 Å². The Kier molecular flexibility index (Phi) is 2.66. The van der Waals surface area contributed by atoms with Crippen molar-refractivity contribution in [3.8, 4) is 0 Å². The van der Waals surface area contributed by atoms with Crippen LogP contribution in [0.15, 0.2) is 18.7 Å². The first kappa shape index (κ1) is 9.44. The van der Waals surface area contributed by atoms with Gasteiger partial charge in [-0.15, -0.1) is 0 Å². The van der Waals surface area contributed by atoms with E-state index in [4.69, 9.17) is 0 Å². The summed E-state index contributed by atoms with van der Waals surface area (Å²) in [6, 6.07) is 0.351. The summed E-state index contributed by atoms with van der Waals surface area (Å²) in [5.41, 5.74) is 0. The molecule has 0 radical (unpaired) electrons. The largest absolute Gasteiger partial charge is 0.334 e. The molecule has 0 aliphatic heterocycles. The third kappa shape index (κ3) is 1.72. The average Bonchev–Trinajstić information content (AvgIpc) is 2.70. The molecule has 2 atom stereocenters. The van der Waals surface area contributed by atoms with Gasteiger partial charge in [0.25, 0.3) is 0 Å². The number of nitrogens with zero attached hydrogens (tertiary/aromatic N) is 2. The van der Waals surface area contributed by atoms with Gasteiger partial charge in [-0.2, -0.15) is 0 Å². The smallest absolute Gasteiger partial charge is 0.134 e. The maximum absolute atomic E-state index is 11.4. The second-order valence-corrected chi connectivity index (χ2v) is 4.03. The van der Waals surface area contributed by atoms with Gasteiger partial charge in [-0.3, -0.25) is 4.79 Å². The number of carbonyl (C=O) groups excluding carboxylic acids is 1. The molecule has 14 heavy (non-hydrogen) atoms. The maximum atomic E-state index is 11.4. The van der Waals surface area contributed by atoms with Crippen molar-refractivity contribution >= 4 is 5.78 Å². The van der Waals surface area contributed by atoms with Crippen molar-refractivity contribution in [2.45, 2.75) is 38.6 Å². The molecule has 1 aliphatic carbocycles. The average molecular weight is 192 g/mol. The second kappa shape index (κ2) is 3.95. The number of hydrogen-bond donors (Lipinski definition) is 0. The van der Waals surface area contributed by atoms with Crippen molar-refractivity contribution in [2.75, 3.05) is 0 Å². The highest BCUT2D eigenvalue weighted by molar-refractivity contribution is 5.79. The minimum Gasteiger partial charge on any atom is -0.334 e. The van der Waals surface area contributed by atoms with Crippen molar-refractivity contribution < 1.29 is 4.79 Å². The third-order valence-electron chi connectivity index (χ3n) is 3.21. The Bertz CT molecular complexity index is 305. The first-order chi connectivity index (χ1) is 6.81. The Labute approximate surface area is 84.1 Å². The van der Waals surface area contributed by atoms with Gasteiger partial charge in [-0.1, -0.05) is 13.3 Å². The van der Waals surface area contributed by atoms with Gasteiger partial charge in [-0.05, 0) is 12.3 Å². The number of hydrogen-bond acceptors (Lipinski definition) is 2. The Morgan fingerprint density at radius 1 is 1.64 bits per heavy atom. The Hall–Kier alpha value is -1.12. The SMILES string of the molecule is CCC1CCC(=O)CC1n1ccnc1. The van der Waals surface area contributed by atoms with E-state index < -0.39 is 0 Å². The molecule has 1 aromatic heterocycles. The molecule has 1 aromatic rings. The number of Topliss-reactive ketones (excluding diaryl/α,β-unsaturated/α-hetero) is 1. The quantitative estimate of drug-likeness (QED) is 0.720. The van der Waals surface area contributed by atoms with Gasteiger partial charge in [0.2, 0.25) is 0 Å². The Morgan fingerprint density at radius 2 is 2.50 bits per heavy atom. The topological polar surface area (TPSA) is 34.9 Å². The lowest BCUT2D eigenvalue weighted by atomic mass is 9.82. The molecule has 0 spiro atoms. The molecular weight excluding hydrogens is 176 g/mol. The van der Waals surface area contributed by atoms with Crippen LogP contribution in [0.4, 0.5) is 0 Å². The maximum Gasteiger partial charge on any atom is 0.134 e. The lowest BCUT2D eigenvalue weighted by molar-refractivity contribution is -0.122. The van der Waals surface area contributed by atoms with E-state index in [1.165, 1.54) is 0 Å². The van der Waals surface area contributed by atoms with E-state index in [-0.39, 0.29) is 0 Å². The summed E-state index contributed by atoms with van der Waals surface area (Å²) >= 11 is 0. The minimum atomic E-state index is 0.351. The van der Waals surface area contributed by atoms with E-state index >= 15 is 0 Å². The number of aromatic nitrogens is 2. The van der Waals surface area contributed by atoms with E-state index in [0.29, 0.717) is 24.2 Å². The zero-order valence-electron chi connectivity index (χ0n) is 8.52. The Balaban J connectivity index is 2.17. The molecule has 76 valence electrons. The molecule has 1 aliphatic rings. The summed E-state index contributed by atoms with van der Waals surface area (Å²) in [5, 5.41) is 0. The highest BCUT2D eigenvalue weighted by atomic mass is 16.1. The lowest BCUT2D eigenvalue weighted by Crippen LogP contribution is -2.26. The molecule has 0 bridgehead atoms. The predicted molar refractivity (Wildman–Crippen MR) is 53.9 cm³/mol. The van der Waals surface area contributed by atoms with Gasteiger partial charge in [-0.25, -0.2) is 4.98 Å². The van der Waals surface area contributed by atoms with Gasteiger partial charge in [0.05, 0.1) is 6.33 Å². The molecule has 3 heteroatoms. The summed E-state index contributed by atoms with van der Waals surface area (Å²) in [4.78, 5) is 15.4. The monoisotopic (exact) mass is 192 g/mol. The van der Waals surface area contributed by atoms with Crippen molar-refractivity contribution in [3.63, 3.8) is 0 Å². The van der Waals surface area contributed by atoms with Gasteiger partial charge >= 0.3 is 0 Å². The predicted octanol–water partition coefficient (Wildman–Crippen LogP) is 2.20. The van der Waals surface area contributed by atoms with Crippen LogP contribution in [-0.2, 0) is 4.79 Å². The second-order valence-electron chi connectivity index (χ2n) is 4.03. The summed E-state index contributed by atoms with van der Waals surface area (Å²) < 4.78 is 2.09. The molecule has 0 saturated heterocycles. The highest BCUT2D eigenvalue weighted by Gasteiger charge is 2.28. The van der Waals surface area contributed by atoms with Gasteiger partial charge in [0.15, 0.2) is 0 Å². The molecule has 2 unspecified atom stereocenters. The minimum absolute atomic E-state index is 0.351. The summed E-state index contributed by atoms with van der Waals surface area (Å²) in [7, 11) is 0. The molecule has 1 fully saturated rings. The van der Waals surface area contributed by atoms with Crippen LogP contribution >= 0.6 is 0 Å². The van der Waals surface area contributed by atoms with Crippen LogP contribution in [0.1, 0.15) is 38.6 Å². The fraction of sp³-hybridized carbons (Fsp3) is 0.636. The lowest BCUT2D eigenvalue weighted by Gasteiger charge is -2.30. The van der Waals surface area contributed by atoms with Gasteiger partial charge in [0, 0.05) is 31.3 Å². The van der Waals surface area contributed by atoms with Crippen LogP contribution in [0.2, 0.25) is 0 Å². The normalized spacial score (nSPS) is 27.9. The van der Waals surface area contributed by atoms with E-state index in [1.54, 1.807) is 6.20 Å². The molecule has 3 nitrogen and oxygen atoms in total. The molecule has 1 heterocycles. The molecule has 0 amide bonds. The molecule has 1 saturated carbocycles. The van der Waals surface area contributed by atoms with Crippen molar-refractivity contribution in [1.82, 2.24) is 9.55 Å². The molecule has 0 N–H and O–H groups in total. The van der Waals surface area contributed by atoms with Crippen molar-refractivity contribution in [3.05, 3.63) is 18.7 Å². The highest BCUT2D eigenvalue weighted by Crippen LogP contribution is 2.33. The molecular formula is C11H16N2O. The van der Waals surface area contributed by atoms with Gasteiger partial charge < -0.3 is 4.57 Å². The number of imidazole rings is 1. The summed E-state index contributed by atoms with van der Waals surface area (Å²) in [5.74, 6) is 1.04. The summed E-state index contributed by atoms with van der Waals surface area (Å²) in [6.45, 7) is 2.20. The standard InChI is InChI=1S/C11H16N2O/c1-2-9-3-4-10(14)7-11(9)13-6-5-12-8-13/h5-6,8-9,11H,2-4,7H2,1H3. The van der Waals surface area contributed by atoms with Crippen molar-refractivity contribution in [1.29, 1.82) is 0 Å². The zero-order valence-corrected chi connectivity index (χ0v) is 8.52. The first-order valence-corrected chi connectivity index (χ1v) is 5.30. The zero-order chi connectivity index (χ0) is 9.97.